The molecule has 1 aliphatic heterocycles. The quantitative estimate of drug-likeness (QED) is 0.658. The molecular weight excluding hydrogens is 218 g/mol. The van der Waals surface area contributed by atoms with Gasteiger partial charge < -0.3 is 15.5 Å². The van der Waals surface area contributed by atoms with Gasteiger partial charge in [-0.2, -0.15) is 0 Å². The number of carbonyl (C=O) groups is 2. The Labute approximate surface area is 102 Å². The smallest absolute Gasteiger partial charge is 0.249 e. The molecule has 0 radical (unpaired) electrons. The fraction of sp³-hybridized carbons (Fsp3) is 0.667. The highest BCUT2D eigenvalue weighted by molar-refractivity contribution is 5.96. The van der Waals surface area contributed by atoms with Gasteiger partial charge in [0.2, 0.25) is 11.8 Å². The minimum atomic E-state index is -0.104. The molecule has 0 aromatic carbocycles. The third-order valence-corrected chi connectivity index (χ3v) is 2.91. The van der Waals surface area contributed by atoms with Crippen LogP contribution < -0.4 is 10.6 Å². The molecule has 0 saturated carbocycles. The fourth-order valence-electron chi connectivity index (χ4n) is 1.66. The van der Waals surface area contributed by atoms with Crippen LogP contribution in [0.25, 0.3) is 0 Å². The normalized spacial score (nSPS) is 13.9. The predicted octanol–water partition coefficient (Wildman–Crippen LogP) is -0.109. The molecule has 5 nitrogen and oxygen atoms in total. The van der Waals surface area contributed by atoms with Gasteiger partial charge in [0.1, 0.15) is 0 Å². The van der Waals surface area contributed by atoms with Crippen LogP contribution in [0.15, 0.2) is 11.1 Å². The first kappa shape index (κ1) is 13.7. The molecule has 1 saturated heterocycles. The number of hydrogen-bond donors (Lipinski definition) is 2. The molecule has 0 aromatic rings. The van der Waals surface area contributed by atoms with Gasteiger partial charge >= 0.3 is 0 Å². The van der Waals surface area contributed by atoms with Crippen molar-refractivity contribution in [3.05, 3.63) is 11.1 Å². The summed E-state index contributed by atoms with van der Waals surface area (Å²) < 4.78 is 0. The highest BCUT2D eigenvalue weighted by Gasteiger charge is 2.21. The second-order valence-corrected chi connectivity index (χ2v) is 4.10. The van der Waals surface area contributed by atoms with E-state index in [1.807, 2.05) is 20.8 Å². The number of rotatable bonds is 5. The molecule has 0 aromatic heterocycles. The maximum absolute atomic E-state index is 12.1. The monoisotopic (exact) mass is 239 g/mol. The summed E-state index contributed by atoms with van der Waals surface area (Å²) in [4.78, 5) is 25.1. The van der Waals surface area contributed by atoms with E-state index in [1.165, 1.54) is 0 Å². The number of nitrogens with one attached hydrogen (secondary N) is 2. The Morgan fingerprint density at radius 1 is 1.35 bits per heavy atom. The molecule has 5 heteroatoms. The van der Waals surface area contributed by atoms with E-state index < -0.39 is 0 Å². The largest absolute Gasteiger partial charge is 0.355 e. The number of nitrogens with zero attached hydrogens (tertiary/aromatic N) is 1. The zero-order chi connectivity index (χ0) is 12.8. The molecule has 1 aliphatic rings. The van der Waals surface area contributed by atoms with Crippen molar-refractivity contribution >= 4 is 11.8 Å². The molecule has 0 spiro atoms. The van der Waals surface area contributed by atoms with Crippen molar-refractivity contribution in [3.8, 4) is 0 Å². The van der Waals surface area contributed by atoms with Crippen LogP contribution in [0.5, 0.6) is 0 Å². The van der Waals surface area contributed by atoms with Crippen molar-refractivity contribution < 1.29 is 9.59 Å². The maximum Gasteiger partial charge on any atom is 0.249 e. The van der Waals surface area contributed by atoms with E-state index in [4.69, 9.17) is 0 Å². The van der Waals surface area contributed by atoms with Gasteiger partial charge in [-0.3, -0.25) is 9.59 Å². The second kappa shape index (κ2) is 6.39. The first-order valence-electron chi connectivity index (χ1n) is 6.05. The first-order chi connectivity index (χ1) is 8.10. The first-order valence-corrected chi connectivity index (χ1v) is 6.05. The highest BCUT2D eigenvalue weighted by atomic mass is 16.2. The minimum absolute atomic E-state index is 0.0322. The Hall–Kier alpha value is -1.36. The Bertz CT molecular complexity index is 331. The Morgan fingerprint density at radius 2 is 2.00 bits per heavy atom. The summed E-state index contributed by atoms with van der Waals surface area (Å²) in [7, 11) is 0. The molecule has 1 heterocycles. The second-order valence-electron chi connectivity index (χ2n) is 4.10. The van der Waals surface area contributed by atoms with Crippen molar-refractivity contribution in [1.82, 2.24) is 15.5 Å². The summed E-state index contributed by atoms with van der Waals surface area (Å²) in [6.45, 7) is 8.44. The minimum Gasteiger partial charge on any atom is -0.355 e. The van der Waals surface area contributed by atoms with Crippen molar-refractivity contribution in [3.63, 3.8) is 0 Å². The SMILES string of the molecule is CCNC(=O)CN(CC)C(=O)C(C)=C1CNC1. The molecule has 2 amide bonds. The Morgan fingerprint density at radius 3 is 2.41 bits per heavy atom. The van der Waals surface area contributed by atoms with Crippen LogP contribution in [0.1, 0.15) is 20.8 Å². The summed E-state index contributed by atoms with van der Waals surface area (Å²) in [6.07, 6.45) is 0. The molecule has 0 bridgehead atoms. The summed E-state index contributed by atoms with van der Waals surface area (Å²) in [5, 5.41) is 5.81. The van der Waals surface area contributed by atoms with Crippen molar-refractivity contribution in [1.29, 1.82) is 0 Å². The lowest BCUT2D eigenvalue weighted by Crippen LogP contribution is -2.43. The maximum atomic E-state index is 12.1. The van der Waals surface area contributed by atoms with Gasteiger partial charge in [0.15, 0.2) is 0 Å². The summed E-state index contributed by atoms with van der Waals surface area (Å²) >= 11 is 0. The standard InChI is InChI=1S/C12H21N3O2/c1-4-14-11(16)8-15(5-2)12(17)9(3)10-6-13-7-10/h13H,4-8H2,1-3H3,(H,14,16). The van der Waals surface area contributed by atoms with E-state index in [0.29, 0.717) is 13.1 Å². The molecule has 0 unspecified atom stereocenters. The molecule has 0 aliphatic carbocycles. The van der Waals surface area contributed by atoms with E-state index in [1.54, 1.807) is 4.90 Å². The van der Waals surface area contributed by atoms with Gasteiger partial charge in [0, 0.05) is 31.8 Å². The van der Waals surface area contributed by atoms with E-state index in [0.717, 1.165) is 24.2 Å². The summed E-state index contributed by atoms with van der Waals surface area (Å²) in [5.74, 6) is -0.137. The Kier molecular flexibility index (Phi) is 5.15. The number of carbonyl (C=O) groups excluding carboxylic acids is 2. The number of amides is 2. The molecule has 17 heavy (non-hydrogen) atoms. The predicted molar refractivity (Wildman–Crippen MR) is 66.5 cm³/mol. The van der Waals surface area contributed by atoms with E-state index in [9.17, 15) is 9.59 Å². The average Bonchev–Trinajstić information content (AvgIpc) is 2.22. The molecule has 96 valence electrons. The van der Waals surface area contributed by atoms with Gasteiger partial charge in [-0.25, -0.2) is 0 Å². The van der Waals surface area contributed by atoms with Gasteiger partial charge in [0.05, 0.1) is 6.54 Å². The number of hydrogen-bond acceptors (Lipinski definition) is 3. The van der Waals surface area contributed by atoms with E-state index in [2.05, 4.69) is 10.6 Å². The lowest BCUT2D eigenvalue weighted by atomic mass is 10.0. The molecular formula is C12H21N3O2. The summed E-state index contributed by atoms with van der Waals surface area (Å²) in [5.41, 5.74) is 1.92. The van der Waals surface area contributed by atoms with Crippen LogP contribution in [0.2, 0.25) is 0 Å². The third-order valence-electron chi connectivity index (χ3n) is 2.91. The lowest BCUT2D eigenvalue weighted by Gasteiger charge is -2.26. The van der Waals surface area contributed by atoms with Crippen LogP contribution in [0.4, 0.5) is 0 Å². The molecule has 1 fully saturated rings. The molecule has 0 atom stereocenters. The molecule has 2 N–H and O–H groups in total. The van der Waals surface area contributed by atoms with Gasteiger partial charge in [-0.15, -0.1) is 0 Å². The highest BCUT2D eigenvalue weighted by Crippen LogP contribution is 2.11. The topological polar surface area (TPSA) is 61.4 Å². The number of likely N-dealkylation sites (N-methyl/N-ethyl adjacent to an activating group) is 2. The van der Waals surface area contributed by atoms with Crippen LogP contribution in [0, 0.1) is 0 Å². The van der Waals surface area contributed by atoms with Crippen LogP contribution in [-0.2, 0) is 9.59 Å². The lowest BCUT2D eigenvalue weighted by molar-refractivity contribution is -0.132. The average molecular weight is 239 g/mol. The van der Waals surface area contributed by atoms with Crippen LogP contribution >= 0.6 is 0 Å². The third kappa shape index (κ3) is 3.56. The van der Waals surface area contributed by atoms with Crippen LogP contribution in [-0.4, -0.2) is 49.4 Å². The van der Waals surface area contributed by atoms with Crippen LogP contribution in [0.3, 0.4) is 0 Å². The zero-order valence-electron chi connectivity index (χ0n) is 10.8. The zero-order valence-corrected chi connectivity index (χ0v) is 10.8. The fourth-order valence-corrected chi connectivity index (χ4v) is 1.66. The van der Waals surface area contributed by atoms with Crippen molar-refractivity contribution in [2.75, 3.05) is 32.7 Å². The van der Waals surface area contributed by atoms with E-state index >= 15 is 0 Å². The van der Waals surface area contributed by atoms with Crippen molar-refractivity contribution in [2.45, 2.75) is 20.8 Å². The van der Waals surface area contributed by atoms with Gasteiger partial charge in [0.25, 0.3) is 0 Å². The molecule has 1 rings (SSSR count). The summed E-state index contributed by atoms with van der Waals surface area (Å²) in [6, 6.07) is 0. The van der Waals surface area contributed by atoms with Gasteiger partial charge in [-0.1, -0.05) is 0 Å². The van der Waals surface area contributed by atoms with E-state index in [-0.39, 0.29) is 18.4 Å². The van der Waals surface area contributed by atoms with Crippen molar-refractivity contribution in [2.24, 2.45) is 0 Å². The van der Waals surface area contributed by atoms with Gasteiger partial charge in [-0.05, 0) is 26.3 Å². The Balaban J connectivity index is 2.60.